The SMILES string of the molecule is CCCCCCCC(=O)CC(=O)SCCNC(=O)CCNC(=O)[C@H](O)C(C)(C)COP(=O)([O-])OP(=O)([O-])OC[C@H]1O[C@@H](n2cnc3c(N)ncnc32)[C@H](O)[C@@H]1OP(=O)([O-])O.[NH4+].[NH4+].[NH4+]. The summed E-state index contributed by atoms with van der Waals surface area (Å²) in [6, 6.07) is 0. The highest BCUT2D eigenvalue weighted by Gasteiger charge is 2.48. The van der Waals surface area contributed by atoms with Crippen LogP contribution in [0, 0.1) is 5.41 Å². The zero-order chi connectivity index (χ0) is 44.9. The van der Waals surface area contributed by atoms with Gasteiger partial charge in [-0.25, -0.2) is 19.3 Å². The quantitative estimate of drug-likeness (QED) is 0.0328. The number of rotatable bonds is 27. The van der Waals surface area contributed by atoms with E-state index in [1.54, 1.807) is 0 Å². The van der Waals surface area contributed by atoms with Crippen molar-refractivity contribution < 1.29 is 85.3 Å². The molecule has 0 bridgehead atoms. The smallest absolute Gasteiger partial charge is 0.274 e. The predicted molar refractivity (Wildman–Crippen MR) is 221 cm³/mol. The van der Waals surface area contributed by atoms with Crippen molar-refractivity contribution in [2.24, 2.45) is 5.41 Å². The van der Waals surface area contributed by atoms with E-state index in [1.165, 1.54) is 13.8 Å². The Hall–Kier alpha value is -2.89. The average molecular weight is 987 g/mol. The highest BCUT2D eigenvalue weighted by molar-refractivity contribution is 8.13. The van der Waals surface area contributed by atoms with Crippen LogP contribution in [-0.4, -0.2) is 114 Å². The summed E-state index contributed by atoms with van der Waals surface area (Å²) >= 11 is 0.915. The summed E-state index contributed by atoms with van der Waals surface area (Å²) in [7, 11) is -17.4. The fourth-order valence-corrected chi connectivity index (χ4v) is 8.94. The second-order valence-corrected chi connectivity index (χ2v) is 19.4. The van der Waals surface area contributed by atoms with Gasteiger partial charge in [0.05, 0.1) is 26.0 Å². The van der Waals surface area contributed by atoms with Gasteiger partial charge in [-0.3, -0.25) is 37.4 Å². The number of Topliss-reactive ketones (excluding diaryl/α,β-unsaturated/α-hetero) is 1. The topological polar surface area (TPSA) is 499 Å². The van der Waals surface area contributed by atoms with E-state index >= 15 is 0 Å². The van der Waals surface area contributed by atoms with Gasteiger partial charge in [0.15, 0.2) is 22.8 Å². The van der Waals surface area contributed by atoms with E-state index in [4.69, 9.17) is 10.5 Å². The molecule has 63 heavy (non-hydrogen) atoms. The first-order chi connectivity index (χ1) is 27.9. The van der Waals surface area contributed by atoms with E-state index in [9.17, 15) is 62.7 Å². The van der Waals surface area contributed by atoms with E-state index in [1.807, 2.05) is 0 Å². The van der Waals surface area contributed by atoms with Gasteiger partial charge < -0.3 is 82.9 Å². The minimum Gasteiger partial charge on any atom is -0.756 e. The molecule has 1 aliphatic rings. The number of hydrogen-bond donors (Lipinski definition) is 9. The number of nitrogen functional groups attached to an aromatic ring is 1. The van der Waals surface area contributed by atoms with Crippen molar-refractivity contribution in [3.8, 4) is 0 Å². The van der Waals surface area contributed by atoms with Crippen LogP contribution in [0.5, 0.6) is 0 Å². The standard InChI is InChI=1S/C31H52N7O18P3S.3H3N/c1-4-5-6-7-8-9-19(39)14-22(41)60-13-12-33-21(40)10-11-34-29(44)26(43)31(2,3)16-53-59(50,51)56-58(48,49)52-15-20-25(55-57(45,46)47)24(42)30(54-20)38-18-37-23-27(32)35-17-36-28(23)38;;;/h17-18,20,24-26,30,42-43H,4-16H2,1-3H3,(H,33,40)(H,34,44)(H,48,49)(H,50,51)(H2,32,35,36)(H2,45,46,47);3*1H3/t20-,24-,25-,26+,30-;;;/m1.../s1. The van der Waals surface area contributed by atoms with Crippen molar-refractivity contribution in [1.82, 2.24) is 48.6 Å². The molecule has 28 nitrogen and oxygen atoms in total. The van der Waals surface area contributed by atoms with E-state index in [2.05, 4.69) is 50.4 Å². The lowest BCUT2D eigenvalue weighted by Gasteiger charge is -2.35. The number of quaternary nitrogens is 3. The number of nitrogens with two attached hydrogens (primary N) is 1. The first-order valence-corrected chi connectivity index (χ1v) is 23.9. The molecule has 3 unspecified atom stereocenters. The Kier molecular flexibility index (Phi) is 25.7. The molecule has 364 valence electrons. The predicted octanol–water partition coefficient (Wildman–Crippen LogP) is 0.217. The van der Waals surface area contributed by atoms with Crippen molar-refractivity contribution in [3.05, 3.63) is 12.7 Å². The van der Waals surface area contributed by atoms with Gasteiger partial charge in [0.1, 0.15) is 42.0 Å². The molecule has 8 atom stereocenters. The number of fused-ring (bicyclic) bond motifs is 1. The van der Waals surface area contributed by atoms with Crippen molar-refractivity contribution in [1.29, 1.82) is 0 Å². The van der Waals surface area contributed by atoms with Crippen molar-refractivity contribution >= 4 is 74.9 Å². The molecule has 0 aliphatic carbocycles. The third-order valence-electron chi connectivity index (χ3n) is 8.64. The number of phosphoric acid groups is 3. The van der Waals surface area contributed by atoms with Crippen LogP contribution in [-0.2, 0) is 55.5 Å². The van der Waals surface area contributed by atoms with Crippen LogP contribution in [0.15, 0.2) is 12.7 Å². The fourth-order valence-electron chi connectivity index (χ4n) is 5.50. The number of amides is 2. The zero-order valence-electron chi connectivity index (χ0n) is 35.8. The van der Waals surface area contributed by atoms with E-state index in [0.29, 0.717) is 6.42 Å². The van der Waals surface area contributed by atoms with Crippen molar-refractivity contribution in [2.45, 2.75) is 103 Å². The number of anilines is 1. The highest BCUT2D eigenvalue weighted by Crippen LogP contribution is 2.56. The van der Waals surface area contributed by atoms with Crippen LogP contribution >= 0.6 is 35.2 Å². The molecule has 2 aromatic heterocycles. The van der Waals surface area contributed by atoms with Crippen LogP contribution < -0.4 is 49.5 Å². The summed E-state index contributed by atoms with van der Waals surface area (Å²) in [5, 5.41) is 25.9. The lowest BCUT2D eigenvalue weighted by molar-refractivity contribution is -0.247. The van der Waals surface area contributed by atoms with Crippen molar-refractivity contribution in [3.63, 3.8) is 0 Å². The average Bonchev–Trinajstić information content (AvgIpc) is 3.71. The Balaban J connectivity index is 0.0000128. The van der Waals surface area contributed by atoms with Gasteiger partial charge in [-0.1, -0.05) is 58.2 Å². The number of aliphatic hydroxyl groups excluding tert-OH is 2. The van der Waals surface area contributed by atoms with Gasteiger partial charge in [-0.05, 0) is 6.42 Å². The number of carbonyl (C=O) groups excluding carboxylic acids is 4. The number of thioether (sulfide) groups is 1. The number of phosphoric ester groups is 3. The highest BCUT2D eigenvalue weighted by atomic mass is 32.2. The second kappa shape index (κ2) is 26.9. The molecule has 1 fully saturated rings. The Bertz CT molecular complexity index is 1940. The molecule has 1 aliphatic heterocycles. The Morgan fingerprint density at radius 2 is 1.63 bits per heavy atom. The summed E-state index contributed by atoms with van der Waals surface area (Å²) in [6.07, 6.45) is -2.40. The molecule has 19 N–H and O–H groups in total. The molecule has 32 heteroatoms. The van der Waals surface area contributed by atoms with Gasteiger partial charge in [-0.15, -0.1) is 0 Å². The van der Waals surface area contributed by atoms with Crippen LogP contribution in [0.1, 0.15) is 78.4 Å². The summed E-state index contributed by atoms with van der Waals surface area (Å²) in [5.41, 5.74) is 4.08. The first-order valence-electron chi connectivity index (χ1n) is 18.5. The lowest BCUT2D eigenvalue weighted by atomic mass is 9.87. The Morgan fingerprint density at radius 1 is 0.984 bits per heavy atom. The molecular weight excluding hydrogens is 925 g/mol. The number of aliphatic hydroxyl groups is 2. The number of hydrogen-bond acceptors (Lipinski definition) is 22. The second-order valence-electron chi connectivity index (χ2n) is 14.1. The van der Waals surface area contributed by atoms with Crippen LogP contribution in [0.3, 0.4) is 0 Å². The molecule has 2 aromatic rings. The summed E-state index contributed by atoms with van der Waals surface area (Å²) in [4.78, 5) is 106. The number of unbranched alkanes of at least 4 members (excludes halogenated alkanes) is 4. The molecule has 0 radical (unpaired) electrons. The van der Waals surface area contributed by atoms with Crippen LogP contribution in [0.2, 0.25) is 0 Å². The maximum absolute atomic E-state index is 12.6. The van der Waals surface area contributed by atoms with Gasteiger partial charge in [0.2, 0.25) is 11.8 Å². The maximum Gasteiger partial charge on any atom is 0.274 e. The lowest BCUT2D eigenvalue weighted by Crippen LogP contribution is -2.46. The monoisotopic (exact) mass is 986 g/mol. The molecule has 2 amide bonds. The number of carbonyl (C=O) groups is 4. The number of imidazole rings is 1. The number of nitrogens with zero attached hydrogens (tertiary/aromatic N) is 4. The van der Waals surface area contributed by atoms with Gasteiger partial charge >= 0.3 is 0 Å². The maximum atomic E-state index is 12.6. The van der Waals surface area contributed by atoms with E-state index in [0.717, 1.165) is 61.1 Å². The Labute approximate surface area is 366 Å². The fraction of sp³-hybridized carbons (Fsp3) is 0.710. The number of ketones is 1. The minimum absolute atomic E-state index is 0. The molecular formula is C31H61N10O18P3S. The number of nitrogens with one attached hydrogen (secondary N) is 2. The van der Waals surface area contributed by atoms with E-state index in [-0.39, 0.29) is 78.0 Å². The molecule has 1 saturated heterocycles. The third-order valence-corrected chi connectivity index (χ3v) is 12.5. The largest absolute Gasteiger partial charge is 0.756 e. The summed E-state index contributed by atoms with van der Waals surface area (Å²) in [5.74, 6) is -1.51. The molecule has 0 spiro atoms. The molecule has 3 rings (SSSR count). The van der Waals surface area contributed by atoms with Crippen molar-refractivity contribution in [2.75, 3.05) is 37.8 Å². The third kappa shape index (κ3) is 20.0. The van der Waals surface area contributed by atoms with E-state index < -0.39 is 84.6 Å². The van der Waals surface area contributed by atoms with Gasteiger partial charge in [-0.2, -0.15) is 0 Å². The number of aromatic nitrogens is 4. The molecule has 0 aromatic carbocycles. The molecule has 3 heterocycles. The summed E-state index contributed by atoms with van der Waals surface area (Å²) < 4.78 is 60.9. The Morgan fingerprint density at radius 3 is 2.29 bits per heavy atom. The zero-order valence-corrected chi connectivity index (χ0v) is 39.3. The van der Waals surface area contributed by atoms with Gasteiger partial charge in [0.25, 0.3) is 23.5 Å². The number of ether oxygens (including phenoxy) is 1. The van der Waals surface area contributed by atoms with Crippen LogP contribution in [0.4, 0.5) is 5.82 Å². The first kappa shape index (κ1) is 60.1. The summed E-state index contributed by atoms with van der Waals surface area (Å²) in [6.45, 7) is 2.07. The van der Waals surface area contributed by atoms with Crippen LogP contribution in [0.25, 0.3) is 11.2 Å². The van der Waals surface area contributed by atoms with Gasteiger partial charge in [0, 0.05) is 37.1 Å². The molecule has 0 saturated carbocycles. The normalized spacial score (nSPS) is 20.7. The minimum atomic E-state index is -5.91.